The molecule has 3 aromatic rings. The molecule has 1 amide bonds. The zero-order chi connectivity index (χ0) is 24.8. The first-order valence-corrected chi connectivity index (χ1v) is 12.1. The molecule has 0 saturated carbocycles. The van der Waals surface area contributed by atoms with Crippen molar-refractivity contribution in [3.05, 3.63) is 70.8 Å². The summed E-state index contributed by atoms with van der Waals surface area (Å²) in [5.74, 6) is 1.41. The van der Waals surface area contributed by atoms with E-state index in [1.165, 1.54) is 22.9 Å². The molecule has 35 heavy (non-hydrogen) atoms. The number of aliphatic hydroxyl groups excluding tert-OH is 1. The normalized spacial score (nSPS) is 15.8. The van der Waals surface area contributed by atoms with Crippen molar-refractivity contribution in [1.29, 1.82) is 0 Å². The first-order valence-electron chi connectivity index (χ1n) is 12.1. The maximum atomic E-state index is 12.1. The molecule has 0 radical (unpaired) electrons. The van der Waals surface area contributed by atoms with E-state index in [1.54, 1.807) is 6.20 Å². The maximum absolute atomic E-state index is 12.1. The van der Waals surface area contributed by atoms with E-state index in [4.69, 9.17) is 5.11 Å². The van der Waals surface area contributed by atoms with Crippen LogP contribution in [0.5, 0.6) is 0 Å². The largest absolute Gasteiger partial charge is 0.396 e. The van der Waals surface area contributed by atoms with Crippen molar-refractivity contribution >= 4 is 17.5 Å². The Morgan fingerprint density at radius 1 is 1.09 bits per heavy atom. The second-order valence-electron chi connectivity index (χ2n) is 8.96. The number of carbonyl (C=O) groups excluding carboxylic acids is 1. The van der Waals surface area contributed by atoms with Crippen LogP contribution in [0.15, 0.2) is 42.7 Å². The number of aromatic nitrogens is 4. The minimum atomic E-state index is -0.282. The van der Waals surface area contributed by atoms with Gasteiger partial charge in [-0.2, -0.15) is 5.10 Å². The Kier molecular flexibility index (Phi) is 7.87. The Morgan fingerprint density at radius 2 is 1.89 bits per heavy atom. The summed E-state index contributed by atoms with van der Waals surface area (Å²) in [6, 6.07) is 10.5. The summed E-state index contributed by atoms with van der Waals surface area (Å²) in [5.41, 5.74) is 4.87. The quantitative estimate of drug-likeness (QED) is 0.478. The lowest BCUT2D eigenvalue weighted by atomic mass is 10.0. The van der Waals surface area contributed by atoms with E-state index in [9.17, 15) is 4.79 Å². The minimum absolute atomic E-state index is 0.0390. The maximum Gasteiger partial charge on any atom is 0.271 e. The van der Waals surface area contributed by atoms with Crippen molar-refractivity contribution < 1.29 is 9.90 Å². The van der Waals surface area contributed by atoms with Crippen molar-refractivity contribution in [3.8, 4) is 0 Å². The van der Waals surface area contributed by atoms with Crippen LogP contribution in [0.25, 0.3) is 0 Å². The summed E-state index contributed by atoms with van der Waals surface area (Å²) in [6.07, 6.45) is 4.45. The number of nitrogens with zero attached hydrogens (tertiary/aromatic N) is 6. The highest BCUT2D eigenvalue weighted by Crippen LogP contribution is 2.26. The van der Waals surface area contributed by atoms with Crippen LogP contribution in [0.3, 0.4) is 0 Å². The van der Waals surface area contributed by atoms with Crippen LogP contribution in [0, 0.1) is 13.8 Å². The molecule has 2 aromatic heterocycles. The van der Waals surface area contributed by atoms with Crippen molar-refractivity contribution in [3.63, 3.8) is 0 Å². The van der Waals surface area contributed by atoms with Crippen molar-refractivity contribution in [1.82, 2.24) is 25.5 Å². The molecule has 184 valence electrons. The van der Waals surface area contributed by atoms with E-state index in [1.807, 2.05) is 18.2 Å². The number of aliphatic hydroxyl groups is 1. The van der Waals surface area contributed by atoms with Crippen LogP contribution in [0.2, 0.25) is 0 Å². The number of benzene rings is 1. The monoisotopic (exact) mass is 475 g/mol. The number of nitrogens with one attached hydrogen (secondary N) is 1. The van der Waals surface area contributed by atoms with E-state index in [-0.39, 0.29) is 24.2 Å². The number of hydrogen-bond acceptors (Lipinski definition) is 8. The summed E-state index contributed by atoms with van der Waals surface area (Å²) < 4.78 is 0. The van der Waals surface area contributed by atoms with E-state index in [0.29, 0.717) is 13.0 Å². The van der Waals surface area contributed by atoms with Gasteiger partial charge in [-0.05, 0) is 43.9 Å². The van der Waals surface area contributed by atoms with E-state index < -0.39 is 0 Å². The minimum Gasteiger partial charge on any atom is -0.396 e. The zero-order valence-corrected chi connectivity index (χ0v) is 20.6. The third kappa shape index (κ3) is 5.74. The number of hydrogen-bond donors (Lipinski definition) is 2. The fourth-order valence-corrected chi connectivity index (χ4v) is 4.35. The highest BCUT2D eigenvalue weighted by atomic mass is 16.3. The van der Waals surface area contributed by atoms with Gasteiger partial charge in [0, 0.05) is 45.2 Å². The molecule has 1 aliphatic heterocycles. The SMILES string of the molecule is Cc1c(Cc2ccccc2)nnc(N2CCN(c3cnc(C(=O)NCCCO)cn3)C(C)C2)c1C. The lowest BCUT2D eigenvalue weighted by Crippen LogP contribution is -2.53. The molecule has 1 atom stereocenters. The third-order valence-electron chi connectivity index (χ3n) is 6.52. The second-order valence-corrected chi connectivity index (χ2v) is 8.96. The van der Waals surface area contributed by atoms with Gasteiger partial charge in [-0.3, -0.25) is 4.79 Å². The predicted octanol–water partition coefficient (Wildman–Crippen LogP) is 2.30. The number of amides is 1. The van der Waals surface area contributed by atoms with Gasteiger partial charge in [0.05, 0.1) is 18.1 Å². The fraction of sp³-hybridized carbons (Fsp3) is 0.423. The zero-order valence-electron chi connectivity index (χ0n) is 20.6. The topological polar surface area (TPSA) is 107 Å². The summed E-state index contributed by atoms with van der Waals surface area (Å²) in [5, 5.41) is 20.8. The Balaban J connectivity index is 1.41. The first-order chi connectivity index (χ1) is 17.0. The van der Waals surface area contributed by atoms with Gasteiger partial charge >= 0.3 is 0 Å². The Labute approximate surface area is 206 Å². The Bertz CT molecular complexity index is 1140. The number of piperazine rings is 1. The van der Waals surface area contributed by atoms with Gasteiger partial charge in [0.2, 0.25) is 0 Å². The summed E-state index contributed by atoms with van der Waals surface area (Å²) in [6.45, 7) is 9.21. The van der Waals surface area contributed by atoms with Gasteiger partial charge in [0.25, 0.3) is 5.91 Å². The van der Waals surface area contributed by atoms with Crippen LogP contribution in [-0.2, 0) is 6.42 Å². The third-order valence-corrected chi connectivity index (χ3v) is 6.52. The van der Waals surface area contributed by atoms with Gasteiger partial charge in [-0.25, -0.2) is 9.97 Å². The van der Waals surface area contributed by atoms with E-state index in [0.717, 1.165) is 43.4 Å². The van der Waals surface area contributed by atoms with Gasteiger partial charge in [0.1, 0.15) is 11.5 Å². The molecule has 4 rings (SSSR count). The van der Waals surface area contributed by atoms with Crippen LogP contribution in [0.1, 0.15) is 46.2 Å². The molecule has 0 aliphatic carbocycles. The summed E-state index contributed by atoms with van der Waals surface area (Å²) in [7, 11) is 0. The van der Waals surface area contributed by atoms with Gasteiger partial charge in [0.15, 0.2) is 5.82 Å². The standard InChI is InChI=1S/C26H33N7O2/c1-18-17-32(25-20(3)19(2)22(30-31-25)14-21-8-5-4-6-9-21)11-12-33(18)24-16-28-23(15-29-24)26(35)27-10-7-13-34/h4-6,8-9,15-16,18,34H,7,10-14,17H2,1-3H3,(H,27,35). The smallest absolute Gasteiger partial charge is 0.271 e. The second kappa shape index (κ2) is 11.2. The van der Waals surface area contributed by atoms with Crippen LogP contribution in [0.4, 0.5) is 11.6 Å². The van der Waals surface area contributed by atoms with E-state index >= 15 is 0 Å². The molecular formula is C26H33N7O2. The van der Waals surface area contributed by atoms with Gasteiger partial charge < -0.3 is 20.2 Å². The predicted molar refractivity (Wildman–Crippen MR) is 136 cm³/mol. The lowest BCUT2D eigenvalue weighted by Gasteiger charge is -2.41. The number of anilines is 2. The van der Waals surface area contributed by atoms with Crippen LogP contribution < -0.4 is 15.1 Å². The number of rotatable bonds is 8. The molecule has 3 heterocycles. The van der Waals surface area contributed by atoms with Crippen molar-refractivity contribution in [2.75, 3.05) is 42.6 Å². The molecule has 9 nitrogen and oxygen atoms in total. The average Bonchev–Trinajstić information content (AvgIpc) is 2.88. The average molecular weight is 476 g/mol. The Hall–Kier alpha value is -3.59. The first kappa shape index (κ1) is 24.5. The van der Waals surface area contributed by atoms with Crippen molar-refractivity contribution in [2.24, 2.45) is 0 Å². The van der Waals surface area contributed by atoms with E-state index in [2.05, 4.69) is 68.2 Å². The lowest BCUT2D eigenvalue weighted by molar-refractivity contribution is 0.0946. The summed E-state index contributed by atoms with van der Waals surface area (Å²) in [4.78, 5) is 25.4. The fourth-order valence-electron chi connectivity index (χ4n) is 4.35. The molecule has 1 aromatic carbocycles. The molecule has 1 unspecified atom stereocenters. The van der Waals surface area contributed by atoms with Gasteiger partial charge in [-0.1, -0.05) is 30.3 Å². The highest BCUT2D eigenvalue weighted by Gasteiger charge is 2.27. The molecule has 2 N–H and O–H groups in total. The molecule has 1 saturated heterocycles. The van der Waals surface area contributed by atoms with Gasteiger partial charge in [-0.15, -0.1) is 5.10 Å². The molecule has 1 aliphatic rings. The Morgan fingerprint density at radius 3 is 2.57 bits per heavy atom. The number of carbonyl (C=O) groups is 1. The highest BCUT2D eigenvalue weighted by molar-refractivity contribution is 5.92. The molecular weight excluding hydrogens is 442 g/mol. The molecule has 0 spiro atoms. The molecule has 0 bridgehead atoms. The molecule has 1 fully saturated rings. The van der Waals surface area contributed by atoms with Crippen LogP contribution >= 0.6 is 0 Å². The van der Waals surface area contributed by atoms with Crippen molar-refractivity contribution in [2.45, 2.75) is 39.7 Å². The van der Waals surface area contributed by atoms with Crippen LogP contribution in [-0.4, -0.2) is 70.0 Å². The summed E-state index contributed by atoms with van der Waals surface area (Å²) >= 11 is 0. The molecule has 9 heteroatoms.